The molecule has 0 aromatic heterocycles. The van der Waals surface area contributed by atoms with Crippen LogP contribution in [-0.2, 0) is 0 Å². The SMILES string of the molecule is CC(C)C1CCCC(NCC(C)(C)C(C)C)CC1. The number of hydrogen-bond acceptors (Lipinski definition) is 1. The Balaban J connectivity index is 2.36. The molecule has 0 aromatic rings. The van der Waals surface area contributed by atoms with Crippen LogP contribution in [0.1, 0.15) is 73.6 Å². The van der Waals surface area contributed by atoms with Crippen LogP contribution >= 0.6 is 0 Å². The molecule has 0 aromatic carbocycles. The third-order valence-electron chi connectivity index (χ3n) is 5.37. The Morgan fingerprint density at radius 1 is 1.00 bits per heavy atom. The quantitative estimate of drug-likeness (QED) is 0.690. The minimum Gasteiger partial charge on any atom is -0.313 e. The normalized spacial score (nSPS) is 26.7. The molecule has 0 amide bonds. The van der Waals surface area contributed by atoms with Crippen LogP contribution in [0.5, 0.6) is 0 Å². The minimum atomic E-state index is 0.420. The fraction of sp³-hybridized carbons (Fsp3) is 1.00. The lowest BCUT2D eigenvalue weighted by molar-refractivity contribution is 0.223. The molecule has 108 valence electrons. The first-order valence-corrected chi connectivity index (χ1v) is 8.06. The van der Waals surface area contributed by atoms with Crippen molar-refractivity contribution in [3.8, 4) is 0 Å². The van der Waals surface area contributed by atoms with Crippen LogP contribution in [0.2, 0.25) is 0 Å². The smallest absolute Gasteiger partial charge is 0.00673 e. The lowest BCUT2D eigenvalue weighted by Gasteiger charge is -2.32. The summed E-state index contributed by atoms with van der Waals surface area (Å²) in [5, 5.41) is 3.84. The van der Waals surface area contributed by atoms with Crippen molar-refractivity contribution in [2.24, 2.45) is 23.2 Å². The van der Waals surface area contributed by atoms with Crippen molar-refractivity contribution in [1.29, 1.82) is 0 Å². The van der Waals surface area contributed by atoms with Crippen LogP contribution in [-0.4, -0.2) is 12.6 Å². The standard InChI is InChI=1S/C17H35N/c1-13(2)15-8-7-9-16(11-10-15)18-12-17(5,6)14(3)4/h13-16,18H,7-12H2,1-6H3. The predicted molar refractivity (Wildman–Crippen MR) is 81.8 cm³/mol. The molecule has 1 heteroatoms. The van der Waals surface area contributed by atoms with E-state index >= 15 is 0 Å². The van der Waals surface area contributed by atoms with Gasteiger partial charge in [0.1, 0.15) is 0 Å². The Morgan fingerprint density at radius 2 is 1.67 bits per heavy atom. The summed E-state index contributed by atoms with van der Waals surface area (Å²) < 4.78 is 0. The maximum atomic E-state index is 3.84. The highest BCUT2D eigenvalue weighted by molar-refractivity contribution is 4.81. The molecule has 2 unspecified atom stereocenters. The van der Waals surface area contributed by atoms with E-state index in [1.807, 2.05) is 0 Å². The summed E-state index contributed by atoms with van der Waals surface area (Å²) in [5.74, 6) is 2.59. The van der Waals surface area contributed by atoms with Crippen molar-refractivity contribution in [1.82, 2.24) is 5.32 Å². The first-order valence-electron chi connectivity index (χ1n) is 8.06. The number of hydrogen-bond donors (Lipinski definition) is 1. The van der Waals surface area contributed by atoms with E-state index in [-0.39, 0.29) is 0 Å². The van der Waals surface area contributed by atoms with Gasteiger partial charge in [0.15, 0.2) is 0 Å². The largest absolute Gasteiger partial charge is 0.313 e. The van der Waals surface area contributed by atoms with Gasteiger partial charge < -0.3 is 5.32 Å². The zero-order valence-electron chi connectivity index (χ0n) is 13.6. The van der Waals surface area contributed by atoms with Gasteiger partial charge in [-0.25, -0.2) is 0 Å². The molecule has 1 rings (SSSR count). The van der Waals surface area contributed by atoms with Crippen LogP contribution in [0.4, 0.5) is 0 Å². The second-order valence-electron chi connectivity index (χ2n) is 7.73. The summed E-state index contributed by atoms with van der Waals surface area (Å²) in [7, 11) is 0. The monoisotopic (exact) mass is 253 g/mol. The summed E-state index contributed by atoms with van der Waals surface area (Å²) in [4.78, 5) is 0. The maximum absolute atomic E-state index is 3.84. The van der Waals surface area contributed by atoms with Gasteiger partial charge in [0, 0.05) is 12.6 Å². The van der Waals surface area contributed by atoms with E-state index in [2.05, 4.69) is 46.9 Å². The molecular weight excluding hydrogens is 218 g/mol. The lowest BCUT2D eigenvalue weighted by atomic mass is 9.81. The summed E-state index contributed by atoms with van der Waals surface area (Å²) >= 11 is 0. The Kier molecular flexibility index (Phi) is 6.17. The molecule has 0 heterocycles. The highest BCUT2D eigenvalue weighted by Gasteiger charge is 2.25. The molecule has 0 aliphatic heterocycles. The molecule has 1 nitrogen and oxygen atoms in total. The number of rotatable bonds is 5. The first kappa shape index (κ1) is 16.0. The molecular formula is C17H35N. The van der Waals surface area contributed by atoms with E-state index in [4.69, 9.17) is 0 Å². The van der Waals surface area contributed by atoms with Gasteiger partial charge in [-0.05, 0) is 42.4 Å². The van der Waals surface area contributed by atoms with Crippen molar-refractivity contribution in [2.45, 2.75) is 79.7 Å². The molecule has 1 N–H and O–H groups in total. The van der Waals surface area contributed by atoms with Crippen LogP contribution < -0.4 is 5.32 Å². The van der Waals surface area contributed by atoms with Gasteiger partial charge in [-0.15, -0.1) is 0 Å². The summed E-state index contributed by atoms with van der Waals surface area (Å²) in [6, 6.07) is 0.770. The zero-order chi connectivity index (χ0) is 13.8. The average molecular weight is 253 g/mol. The fourth-order valence-corrected chi connectivity index (χ4v) is 2.81. The molecule has 1 aliphatic carbocycles. The van der Waals surface area contributed by atoms with Gasteiger partial charge in [-0.1, -0.05) is 54.4 Å². The van der Waals surface area contributed by atoms with E-state index in [1.54, 1.807) is 0 Å². The molecule has 1 fully saturated rings. The lowest BCUT2D eigenvalue weighted by Crippen LogP contribution is -2.39. The second-order valence-corrected chi connectivity index (χ2v) is 7.73. The van der Waals surface area contributed by atoms with Crippen LogP contribution in [0, 0.1) is 23.2 Å². The highest BCUT2D eigenvalue weighted by atomic mass is 14.9. The first-order chi connectivity index (χ1) is 8.33. The zero-order valence-corrected chi connectivity index (χ0v) is 13.6. The van der Waals surface area contributed by atoms with Gasteiger partial charge in [0.25, 0.3) is 0 Å². The van der Waals surface area contributed by atoms with Crippen molar-refractivity contribution >= 4 is 0 Å². The van der Waals surface area contributed by atoms with E-state index in [0.29, 0.717) is 5.41 Å². The summed E-state index contributed by atoms with van der Waals surface area (Å²) in [5.41, 5.74) is 0.420. The molecule has 2 atom stereocenters. The van der Waals surface area contributed by atoms with Gasteiger partial charge in [-0.2, -0.15) is 0 Å². The second kappa shape index (κ2) is 6.93. The molecule has 0 saturated heterocycles. The van der Waals surface area contributed by atoms with Gasteiger partial charge in [-0.3, -0.25) is 0 Å². The average Bonchev–Trinajstić information content (AvgIpc) is 2.51. The molecule has 18 heavy (non-hydrogen) atoms. The van der Waals surface area contributed by atoms with Gasteiger partial charge in [0.2, 0.25) is 0 Å². The van der Waals surface area contributed by atoms with Crippen molar-refractivity contribution in [3.05, 3.63) is 0 Å². The molecule has 0 bridgehead atoms. The van der Waals surface area contributed by atoms with E-state index < -0.39 is 0 Å². The minimum absolute atomic E-state index is 0.420. The summed E-state index contributed by atoms with van der Waals surface area (Å²) in [6.07, 6.45) is 7.07. The Morgan fingerprint density at radius 3 is 2.22 bits per heavy atom. The Bertz CT molecular complexity index is 230. The number of nitrogens with one attached hydrogen (secondary N) is 1. The van der Waals surface area contributed by atoms with Crippen LogP contribution in [0.25, 0.3) is 0 Å². The third-order valence-corrected chi connectivity index (χ3v) is 5.37. The summed E-state index contributed by atoms with van der Waals surface area (Å²) in [6.45, 7) is 15.4. The maximum Gasteiger partial charge on any atom is 0.00673 e. The molecule has 1 aliphatic rings. The molecule has 0 radical (unpaired) electrons. The van der Waals surface area contributed by atoms with Crippen LogP contribution in [0.3, 0.4) is 0 Å². The van der Waals surface area contributed by atoms with E-state index in [0.717, 1.165) is 23.8 Å². The topological polar surface area (TPSA) is 12.0 Å². The predicted octanol–water partition coefficient (Wildman–Crippen LogP) is 4.86. The third kappa shape index (κ3) is 4.91. The van der Waals surface area contributed by atoms with Gasteiger partial charge >= 0.3 is 0 Å². The molecule has 1 saturated carbocycles. The van der Waals surface area contributed by atoms with Crippen LogP contribution in [0.15, 0.2) is 0 Å². The fourth-order valence-electron chi connectivity index (χ4n) is 2.81. The van der Waals surface area contributed by atoms with Gasteiger partial charge in [0.05, 0.1) is 0 Å². The van der Waals surface area contributed by atoms with Crippen molar-refractivity contribution in [2.75, 3.05) is 6.54 Å². The highest BCUT2D eigenvalue weighted by Crippen LogP contribution is 2.30. The Labute approximate surface area is 115 Å². The van der Waals surface area contributed by atoms with E-state index in [9.17, 15) is 0 Å². The Hall–Kier alpha value is -0.0400. The van der Waals surface area contributed by atoms with E-state index in [1.165, 1.54) is 38.6 Å². The van der Waals surface area contributed by atoms with Crippen molar-refractivity contribution in [3.63, 3.8) is 0 Å². The van der Waals surface area contributed by atoms with Crippen molar-refractivity contribution < 1.29 is 0 Å². The molecule has 0 spiro atoms.